The number of ether oxygens (including phenoxy) is 1. The number of hydrogen-bond donors (Lipinski definition) is 0. The van der Waals surface area contributed by atoms with Gasteiger partial charge in [0.15, 0.2) is 0 Å². The molecule has 5 heteroatoms. The van der Waals surface area contributed by atoms with Gasteiger partial charge in [0.05, 0.1) is 6.61 Å². The van der Waals surface area contributed by atoms with Crippen molar-refractivity contribution in [1.82, 2.24) is 4.90 Å². The second kappa shape index (κ2) is 9.39. The predicted octanol–water partition coefficient (Wildman–Crippen LogP) is 3.54. The van der Waals surface area contributed by atoms with E-state index in [1.807, 2.05) is 39.0 Å². The number of Topliss-reactive ketones (excluding diaryl/α,β-unsaturated/α-hetero) is 1. The average Bonchev–Trinajstić information content (AvgIpc) is 3.09. The fourth-order valence-corrected chi connectivity index (χ4v) is 3.83. The van der Waals surface area contributed by atoms with Crippen LogP contribution in [-0.4, -0.2) is 47.5 Å². The lowest BCUT2D eigenvalue weighted by molar-refractivity contribution is -0.149. The zero-order valence-corrected chi connectivity index (χ0v) is 16.3. The Morgan fingerprint density at radius 1 is 1.28 bits per heavy atom. The Morgan fingerprint density at radius 3 is 2.68 bits per heavy atom. The van der Waals surface area contributed by atoms with Gasteiger partial charge in [-0.3, -0.25) is 9.59 Å². The molecule has 0 bridgehead atoms. The van der Waals surface area contributed by atoms with E-state index in [-0.39, 0.29) is 17.1 Å². The molecular formula is C20H29NO3S. The number of benzene rings is 1. The monoisotopic (exact) mass is 363 g/mol. The van der Waals surface area contributed by atoms with Crippen LogP contribution in [0.25, 0.3) is 0 Å². The van der Waals surface area contributed by atoms with Gasteiger partial charge < -0.3 is 9.64 Å². The molecule has 138 valence electrons. The van der Waals surface area contributed by atoms with Gasteiger partial charge in [0.25, 0.3) is 5.91 Å². The van der Waals surface area contributed by atoms with Crippen molar-refractivity contribution in [1.29, 1.82) is 0 Å². The summed E-state index contributed by atoms with van der Waals surface area (Å²) in [6.07, 6.45) is 2.61. The number of nitrogens with zero attached hydrogens (tertiary/aromatic N) is 1. The first kappa shape index (κ1) is 20.0. The van der Waals surface area contributed by atoms with Crippen LogP contribution < -0.4 is 0 Å². The third-order valence-corrected chi connectivity index (χ3v) is 5.99. The van der Waals surface area contributed by atoms with E-state index in [9.17, 15) is 9.59 Å². The highest BCUT2D eigenvalue weighted by Crippen LogP contribution is 2.28. The molecule has 0 aromatic heterocycles. The highest BCUT2D eigenvalue weighted by atomic mass is 32.2. The summed E-state index contributed by atoms with van der Waals surface area (Å²) in [5.41, 5.74) is 0.719. The molecule has 1 aromatic rings. The molecule has 0 saturated carbocycles. The van der Waals surface area contributed by atoms with E-state index in [0.29, 0.717) is 26.2 Å². The van der Waals surface area contributed by atoms with E-state index in [2.05, 4.69) is 12.1 Å². The molecule has 4 nitrogen and oxygen atoms in total. The largest absolute Gasteiger partial charge is 0.378 e. The maximum absolute atomic E-state index is 12.5. The van der Waals surface area contributed by atoms with Crippen molar-refractivity contribution in [2.75, 3.05) is 25.5 Å². The van der Waals surface area contributed by atoms with Crippen LogP contribution in [0, 0.1) is 5.41 Å². The number of thioether (sulfide) groups is 1. The summed E-state index contributed by atoms with van der Waals surface area (Å²) in [6, 6.07) is 10.3. The molecule has 1 heterocycles. The minimum atomic E-state index is -0.592. The zero-order chi connectivity index (χ0) is 18.3. The molecule has 0 N–H and O–H groups in total. The van der Waals surface area contributed by atoms with Crippen LogP contribution >= 0.6 is 11.8 Å². The van der Waals surface area contributed by atoms with Crippen LogP contribution in [0.5, 0.6) is 0 Å². The fourth-order valence-electron chi connectivity index (χ4n) is 2.68. The van der Waals surface area contributed by atoms with E-state index in [1.165, 1.54) is 5.56 Å². The van der Waals surface area contributed by atoms with Gasteiger partial charge in [-0.2, -0.15) is 0 Å². The standard InChI is InChI=1S/C20H29NO3S/c1-4-20(2,3)18(22)19(23)21-12-14-25-17(21)15-24-13-8-11-16-9-6-5-7-10-16/h5-7,9-10,17H,4,8,11-15H2,1-3H3/t17-/m1/s1. The first-order chi connectivity index (χ1) is 12.0. The Hall–Kier alpha value is -1.33. The molecule has 25 heavy (non-hydrogen) atoms. The van der Waals surface area contributed by atoms with E-state index < -0.39 is 5.41 Å². The lowest BCUT2D eigenvalue weighted by Crippen LogP contribution is -2.45. The summed E-state index contributed by atoms with van der Waals surface area (Å²) in [5, 5.41) is -0.0409. The minimum absolute atomic E-state index is 0.0409. The first-order valence-corrected chi connectivity index (χ1v) is 10.1. The van der Waals surface area contributed by atoms with Gasteiger partial charge in [-0.15, -0.1) is 11.8 Å². The molecule has 1 atom stereocenters. The van der Waals surface area contributed by atoms with E-state index >= 15 is 0 Å². The molecule has 1 amide bonds. The Bertz CT molecular complexity index is 574. The minimum Gasteiger partial charge on any atom is -0.378 e. The molecule has 0 aliphatic carbocycles. The van der Waals surface area contributed by atoms with Crippen LogP contribution in [0.1, 0.15) is 39.2 Å². The Labute approximate surface area is 155 Å². The van der Waals surface area contributed by atoms with Crippen molar-refractivity contribution in [3.63, 3.8) is 0 Å². The van der Waals surface area contributed by atoms with Crippen molar-refractivity contribution in [2.45, 2.75) is 45.4 Å². The van der Waals surface area contributed by atoms with Gasteiger partial charge in [-0.25, -0.2) is 0 Å². The van der Waals surface area contributed by atoms with Gasteiger partial charge in [-0.1, -0.05) is 51.1 Å². The smallest absolute Gasteiger partial charge is 0.291 e. The molecule has 0 spiro atoms. The fraction of sp³-hybridized carbons (Fsp3) is 0.600. The van der Waals surface area contributed by atoms with Crippen LogP contribution in [0.2, 0.25) is 0 Å². The van der Waals surface area contributed by atoms with Gasteiger partial charge in [-0.05, 0) is 24.8 Å². The second-order valence-electron chi connectivity index (χ2n) is 7.05. The Kier molecular flexibility index (Phi) is 7.51. The number of carbonyl (C=O) groups excluding carboxylic acids is 2. The maximum atomic E-state index is 12.5. The molecule has 0 unspecified atom stereocenters. The Balaban J connectivity index is 1.75. The van der Waals surface area contributed by atoms with E-state index in [0.717, 1.165) is 18.6 Å². The van der Waals surface area contributed by atoms with Gasteiger partial charge in [0, 0.05) is 24.3 Å². The normalized spacial score (nSPS) is 17.7. The van der Waals surface area contributed by atoms with Crippen molar-refractivity contribution < 1.29 is 14.3 Å². The lowest BCUT2D eigenvalue weighted by Gasteiger charge is -2.27. The molecule has 1 fully saturated rings. The van der Waals surface area contributed by atoms with Crippen molar-refractivity contribution in [3.05, 3.63) is 35.9 Å². The van der Waals surface area contributed by atoms with Crippen LogP contribution in [-0.2, 0) is 20.7 Å². The average molecular weight is 364 g/mol. The molecular weight excluding hydrogens is 334 g/mol. The number of amides is 1. The van der Waals surface area contributed by atoms with Gasteiger partial charge in [0.2, 0.25) is 5.78 Å². The molecule has 1 saturated heterocycles. The zero-order valence-electron chi connectivity index (χ0n) is 15.5. The van der Waals surface area contributed by atoms with Crippen molar-refractivity contribution in [3.8, 4) is 0 Å². The first-order valence-electron chi connectivity index (χ1n) is 9.04. The second-order valence-corrected chi connectivity index (χ2v) is 8.34. The number of ketones is 1. The van der Waals surface area contributed by atoms with E-state index in [1.54, 1.807) is 16.7 Å². The predicted molar refractivity (Wildman–Crippen MR) is 103 cm³/mol. The van der Waals surface area contributed by atoms with Crippen LogP contribution in [0.15, 0.2) is 30.3 Å². The Morgan fingerprint density at radius 2 is 2.00 bits per heavy atom. The molecule has 1 aliphatic rings. The van der Waals surface area contributed by atoms with Gasteiger partial charge >= 0.3 is 0 Å². The third-order valence-electron chi connectivity index (χ3n) is 4.80. The number of carbonyl (C=O) groups is 2. The topological polar surface area (TPSA) is 46.6 Å². The summed E-state index contributed by atoms with van der Waals surface area (Å²) in [5.74, 6) is 0.227. The molecule has 1 aliphatic heterocycles. The lowest BCUT2D eigenvalue weighted by atomic mass is 9.84. The number of rotatable bonds is 9. The van der Waals surface area contributed by atoms with Crippen molar-refractivity contribution >= 4 is 23.5 Å². The summed E-state index contributed by atoms with van der Waals surface area (Å²) >= 11 is 1.70. The number of aryl methyl sites for hydroxylation is 1. The SMILES string of the molecule is CCC(C)(C)C(=O)C(=O)N1CCS[C@@H]1COCCCc1ccccc1. The summed E-state index contributed by atoms with van der Waals surface area (Å²) in [7, 11) is 0. The summed E-state index contributed by atoms with van der Waals surface area (Å²) < 4.78 is 5.79. The molecule has 0 radical (unpaired) electrons. The van der Waals surface area contributed by atoms with E-state index in [4.69, 9.17) is 4.74 Å². The maximum Gasteiger partial charge on any atom is 0.291 e. The third kappa shape index (κ3) is 5.58. The quantitative estimate of drug-likeness (QED) is 0.497. The molecule has 1 aromatic carbocycles. The van der Waals surface area contributed by atoms with Gasteiger partial charge in [0.1, 0.15) is 5.37 Å². The van der Waals surface area contributed by atoms with Crippen LogP contribution in [0.3, 0.4) is 0 Å². The summed E-state index contributed by atoms with van der Waals surface area (Å²) in [6.45, 7) is 7.41. The van der Waals surface area contributed by atoms with Crippen LogP contribution in [0.4, 0.5) is 0 Å². The summed E-state index contributed by atoms with van der Waals surface area (Å²) in [4.78, 5) is 26.7. The highest BCUT2D eigenvalue weighted by molar-refractivity contribution is 8.00. The number of hydrogen-bond acceptors (Lipinski definition) is 4. The molecule has 2 rings (SSSR count). The highest BCUT2D eigenvalue weighted by Gasteiger charge is 2.38. The van der Waals surface area contributed by atoms with Crippen molar-refractivity contribution in [2.24, 2.45) is 5.41 Å².